The largest absolute Gasteiger partial charge is 0.351 e. The molecule has 1 fully saturated rings. The normalized spacial score (nSPS) is 15.1. The lowest BCUT2D eigenvalue weighted by Crippen LogP contribution is -2.46. The van der Waals surface area contributed by atoms with Crippen molar-refractivity contribution < 1.29 is 9.59 Å². The van der Waals surface area contributed by atoms with E-state index in [0.717, 1.165) is 42.9 Å². The number of anilines is 1. The molecule has 0 spiro atoms. The van der Waals surface area contributed by atoms with Crippen LogP contribution in [0.25, 0.3) is 0 Å². The highest BCUT2D eigenvalue weighted by molar-refractivity contribution is 7.99. The molecule has 4 rings (SSSR count). The van der Waals surface area contributed by atoms with Crippen molar-refractivity contribution in [2.24, 2.45) is 0 Å². The van der Waals surface area contributed by atoms with Crippen molar-refractivity contribution in [2.75, 3.05) is 17.8 Å². The average Bonchev–Trinajstić information content (AvgIpc) is 3.26. The van der Waals surface area contributed by atoms with Crippen LogP contribution in [0, 0.1) is 13.8 Å². The third-order valence-electron chi connectivity index (χ3n) is 6.61. The van der Waals surface area contributed by atoms with E-state index >= 15 is 0 Å². The molecular weight excluding hydrogens is 538 g/mol. The standard InChI is InChI=1S/C27H34ClN7O3S/c1-18-5-10-23(33-39-16-20-6-8-21(28)9-7-20)27(38)35(18)15-25(36)30-13-24-19(2)31-17-34(24)14-26(37)32-22-4-3-11-29-12-22/h5-10,17,22,29,33H,3-4,11-16H2,1-2H3,(H,30,36)(H,32,37). The second-order valence-electron chi connectivity index (χ2n) is 9.59. The number of hydrogen-bond donors (Lipinski definition) is 4. The Kier molecular flexibility index (Phi) is 10.1. The predicted octanol–water partition coefficient (Wildman–Crippen LogP) is 2.76. The van der Waals surface area contributed by atoms with Gasteiger partial charge >= 0.3 is 0 Å². The number of piperidine rings is 1. The number of benzene rings is 1. The SMILES string of the molecule is Cc1ncn(CC(=O)NC2CCCNC2)c1CNC(=O)Cn1c(C)ccc(NSCc2ccc(Cl)cc2)c1=O. The molecule has 1 unspecified atom stereocenters. The first-order chi connectivity index (χ1) is 18.8. The number of aromatic nitrogens is 3. The maximum absolute atomic E-state index is 13.1. The Morgan fingerprint density at radius 1 is 1.13 bits per heavy atom. The fourth-order valence-corrected chi connectivity index (χ4v) is 5.25. The molecule has 1 saturated heterocycles. The predicted molar refractivity (Wildman–Crippen MR) is 155 cm³/mol. The molecule has 208 valence electrons. The van der Waals surface area contributed by atoms with E-state index in [2.05, 4.69) is 25.7 Å². The number of aryl methyl sites for hydroxylation is 2. The zero-order chi connectivity index (χ0) is 27.8. The van der Waals surface area contributed by atoms with Crippen LogP contribution in [0.5, 0.6) is 0 Å². The zero-order valence-electron chi connectivity index (χ0n) is 22.1. The molecule has 2 aromatic heterocycles. The van der Waals surface area contributed by atoms with Crippen LogP contribution in [0.4, 0.5) is 5.69 Å². The van der Waals surface area contributed by atoms with Gasteiger partial charge in [0.15, 0.2) is 0 Å². The van der Waals surface area contributed by atoms with Gasteiger partial charge in [-0.3, -0.25) is 14.4 Å². The first-order valence-electron chi connectivity index (χ1n) is 12.9. The van der Waals surface area contributed by atoms with Crippen LogP contribution in [0.1, 0.15) is 35.5 Å². The van der Waals surface area contributed by atoms with E-state index in [1.54, 1.807) is 30.0 Å². The van der Waals surface area contributed by atoms with Gasteiger partial charge < -0.3 is 29.8 Å². The number of nitrogens with zero attached hydrogens (tertiary/aromatic N) is 3. The minimum absolute atomic E-state index is 0.0888. The summed E-state index contributed by atoms with van der Waals surface area (Å²) in [6, 6.07) is 11.2. The van der Waals surface area contributed by atoms with Crippen molar-refractivity contribution in [3.8, 4) is 0 Å². The summed E-state index contributed by atoms with van der Waals surface area (Å²) in [5.41, 5.74) is 3.36. The van der Waals surface area contributed by atoms with Gasteiger partial charge in [0.25, 0.3) is 5.56 Å². The Hall–Kier alpha value is -3.28. The van der Waals surface area contributed by atoms with Gasteiger partial charge in [-0.1, -0.05) is 23.7 Å². The number of carbonyl (C=O) groups is 2. The van der Waals surface area contributed by atoms with Gasteiger partial charge in [-0.15, -0.1) is 0 Å². The summed E-state index contributed by atoms with van der Waals surface area (Å²) in [5, 5.41) is 9.89. The van der Waals surface area contributed by atoms with Crippen LogP contribution in [0.15, 0.2) is 47.5 Å². The minimum Gasteiger partial charge on any atom is -0.351 e. The minimum atomic E-state index is -0.309. The molecule has 0 aliphatic carbocycles. The Balaban J connectivity index is 1.32. The van der Waals surface area contributed by atoms with E-state index in [9.17, 15) is 14.4 Å². The van der Waals surface area contributed by atoms with E-state index in [-0.39, 0.29) is 43.0 Å². The maximum atomic E-state index is 13.1. The zero-order valence-corrected chi connectivity index (χ0v) is 23.7. The van der Waals surface area contributed by atoms with E-state index < -0.39 is 0 Å². The average molecular weight is 572 g/mol. The summed E-state index contributed by atoms with van der Waals surface area (Å²) < 4.78 is 6.29. The highest BCUT2D eigenvalue weighted by Crippen LogP contribution is 2.17. The molecule has 3 aromatic rings. The highest BCUT2D eigenvalue weighted by Gasteiger charge is 2.18. The van der Waals surface area contributed by atoms with Gasteiger partial charge in [0.1, 0.15) is 18.8 Å². The van der Waals surface area contributed by atoms with Gasteiger partial charge in [-0.2, -0.15) is 0 Å². The van der Waals surface area contributed by atoms with Crippen molar-refractivity contribution in [2.45, 2.75) is 58.1 Å². The van der Waals surface area contributed by atoms with E-state index in [0.29, 0.717) is 22.2 Å². The summed E-state index contributed by atoms with van der Waals surface area (Å²) >= 11 is 7.32. The molecule has 2 amide bonds. The second kappa shape index (κ2) is 13.7. The quantitative estimate of drug-likeness (QED) is 0.261. The first-order valence-corrected chi connectivity index (χ1v) is 14.3. The summed E-state index contributed by atoms with van der Waals surface area (Å²) in [7, 11) is 0. The van der Waals surface area contributed by atoms with Gasteiger partial charge in [-0.05, 0) is 75.0 Å². The van der Waals surface area contributed by atoms with Crippen LogP contribution in [0.2, 0.25) is 5.02 Å². The number of carbonyl (C=O) groups excluding carboxylic acids is 2. The van der Waals surface area contributed by atoms with Gasteiger partial charge in [-0.25, -0.2) is 4.98 Å². The van der Waals surface area contributed by atoms with Gasteiger partial charge in [0, 0.05) is 29.1 Å². The number of imidazole rings is 1. The van der Waals surface area contributed by atoms with E-state index in [1.165, 1.54) is 16.5 Å². The fourth-order valence-electron chi connectivity index (χ4n) is 4.38. The lowest BCUT2D eigenvalue weighted by atomic mass is 10.1. The lowest BCUT2D eigenvalue weighted by molar-refractivity contribution is -0.122. The van der Waals surface area contributed by atoms with Crippen molar-refractivity contribution in [1.29, 1.82) is 0 Å². The molecule has 1 atom stereocenters. The number of halogens is 1. The summed E-state index contributed by atoms with van der Waals surface area (Å²) in [6.07, 6.45) is 3.61. The van der Waals surface area contributed by atoms with Crippen molar-refractivity contribution in [3.05, 3.63) is 80.7 Å². The van der Waals surface area contributed by atoms with Crippen LogP contribution in [-0.4, -0.2) is 45.1 Å². The molecule has 0 saturated carbocycles. The second-order valence-corrected chi connectivity index (χ2v) is 10.8. The summed E-state index contributed by atoms with van der Waals surface area (Å²) in [5.74, 6) is 0.248. The third kappa shape index (κ3) is 8.11. The monoisotopic (exact) mass is 571 g/mol. The number of rotatable bonds is 11. The number of amides is 2. The molecule has 0 radical (unpaired) electrons. The van der Waals surface area contributed by atoms with Gasteiger partial charge in [0.05, 0.1) is 24.3 Å². The topological polar surface area (TPSA) is 122 Å². The number of nitrogens with one attached hydrogen (secondary N) is 4. The van der Waals surface area contributed by atoms with Crippen molar-refractivity contribution in [3.63, 3.8) is 0 Å². The lowest BCUT2D eigenvalue weighted by Gasteiger charge is -2.24. The molecule has 4 N–H and O–H groups in total. The van der Waals surface area contributed by atoms with Gasteiger partial charge in [0.2, 0.25) is 11.8 Å². The Bertz CT molecular complexity index is 1350. The van der Waals surface area contributed by atoms with E-state index in [1.807, 2.05) is 31.2 Å². The Labute approximate surface area is 237 Å². The van der Waals surface area contributed by atoms with Crippen LogP contribution >= 0.6 is 23.5 Å². The summed E-state index contributed by atoms with van der Waals surface area (Å²) in [4.78, 5) is 42.8. The molecular formula is C27H34ClN7O3S. The van der Waals surface area contributed by atoms with Crippen molar-refractivity contribution >= 4 is 41.1 Å². The molecule has 1 aliphatic heterocycles. The molecule has 12 heteroatoms. The molecule has 10 nitrogen and oxygen atoms in total. The van der Waals surface area contributed by atoms with Crippen LogP contribution in [-0.2, 0) is 35.0 Å². The Morgan fingerprint density at radius 3 is 2.67 bits per heavy atom. The van der Waals surface area contributed by atoms with Crippen molar-refractivity contribution in [1.82, 2.24) is 30.1 Å². The summed E-state index contributed by atoms with van der Waals surface area (Å²) in [6.45, 7) is 5.59. The maximum Gasteiger partial charge on any atom is 0.275 e. The molecule has 1 aromatic carbocycles. The molecule has 1 aliphatic rings. The Morgan fingerprint density at radius 2 is 1.92 bits per heavy atom. The number of pyridine rings is 1. The smallest absolute Gasteiger partial charge is 0.275 e. The molecule has 39 heavy (non-hydrogen) atoms. The highest BCUT2D eigenvalue weighted by atomic mass is 35.5. The van der Waals surface area contributed by atoms with Crippen LogP contribution < -0.4 is 26.2 Å². The number of hydrogen-bond acceptors (Lipinski definition) is 7. The third-order valence-corrected chi connectivity index (χ3v) is 7.71. The molecule has 3 heterocycles. The molecule has 0 bridgehead atoms. The van der Waals surface area contributed by atoms with Crippen LogP contribution in [0.3, 0.4) is 0 Å². The first kappa shape index (κ1) is 28.7. The fraction of sp³-hybridized carbons (Fsp3) is 0.407. The van der Waals surface area contributed by atoms with E-state index in [4.69, 9.17) is 11.6 Å².